The predicted molar refractivity (Wildman–Crippen MR) is 83.4 cm³/mol. The van der Waals surface area contributed by atoms with Gasteiger partial charge in [0.1, 0.15) is 18.0 Å². The lowest BCUT2D eigenvalue weighted by molar-refractivity contribution is 0.302. The monoisotopic (exact) mass is 281 g/mol. The summed E-state index contributed by atoms with van der Waals surface area (Å²) in [6, 6.07) is 14.5. The first kappa shape index (κ1) is 13.6. The van der Waals surface area contributed by atoms with Crippen LogP contribution in [0, 0.1) is 0 Å². The molecule has 0 spiro atoms. The highest BCUT2D eigenvalue weighted by Crippen LogP contribution is 2.18. The van der Waals surface area contributed by atoms with Gasteiger partial charge in [-0.1, -0.05) is 18.2 Å². The lowest BCUT2D eigenvalue weighted by Gasteiger charge is -2.11. The Hall–Kier alpha value is -2.33. The Bertz CT molecular complexity index is 685. The molecule has 0 aliphatic heterocycles. The van der Waals surface area contributed by atoms with Crippen molar-refractivity contribution in [2.75, 3.05) is 7.05 Å². The fourth-order valence-electron chi connectivity index (χ4n) is 2.23. The van der Waals surface area contributed by atoms with Gasteiger partial charge in [-0.2, -0.15) is 0 Å². The maximum atomic E-state index is 5.79. The zero-order valence-corrected chi connectivity index (χ0v) is 12.3. The maximum absolute atomic E-state index is 5.79. The molecule has 3 aromatic rings. The third-order valence-electron chi connectivity index (χ3n) is 3.61. The molecule has 108 valence electrons. The number of benzene rings is 1. The average molecular weight is 281 g/mol. The van der Waals surface area contributed by atoms with Gasteiger partial charge in [-0.15, -0.1) is 0 Å². The molecule has 0 fully saturated rings. The number of fused-ring (bicyclic) bond motifs is 1. The van der Waals surface area contributed by atoms with Crippen molar-refractivity contribution >= 4 is 5.65 Å². The van der Waals surface area contributed by atoms with Gasteiger partial charge in [-0.3, -0.25) is 0 Å². The van der Waals surface area contributed by atoms with Crippen molar-refractivity contribution in [1.29, 1.82) is 0 Å². The van der Waals surface area contributed by atoms with E-state index in [1.165, 1.54) is 5.56 Å². The van der Waals surface area contributed by atoms with Crippen LogP contribution < -0.4 is 10.1 Å². The summed E-state index contributed by atoms with van der Waals surface area (Å²) in [4.78, 5) is 4.51. The van der Waals surface area contributed by atoms with E-state index in [-0.39, 0.29) is 0 Å². The number of imidazole rings is 1. The van der Waals surface area contributed by atoms with Gasteiger partial charge in [0.05, 0.1) is 5.69 Å². The van der Waals surface area contributed by atoms with Gasteiger partial charge in [0.25, 0.3) is 0 Å². The molecule has 2 aromatic heterocycles. The number of aromatic nitrogens is 2. The highest BCUT2D eigenvalue weighted by molar-refractivity contribution is 5.39. The van der Waals surface area contributed by atoms with E-state index < -0.39 is 0 Å². The highest BCUT2D eigenvalue weighted by Gasteiger charge is 2.04. The van der Waals surface area contributed by atoms with E-state index in [2.05, 4.69) is 29.4 Å². The number of hydrogen-bond acceptors (Lipinski definition) is 3. The first-order chi connectivity index (χ1) is 10.3. The van der Waals surface area contributed by atoms with Crippen LogP contribution in [-0.2, 0) is 6.61 Å². The molecule has 1 aromatic carbocycles. The summed E-state index contributed by atoms with van der Waals surface area (Å²) in [5.74, 6) is 0.860. The molecule has 0 saturated heterocycles. The van der Waals surface area contributed by atoms with E-state index in [1.807, 2.05) is 54.2 Å². The van der Waals surface area contributed by atoms with Crippen LogP contribution in [0.4, 0.5) is 0 Å². The van der Waals surface area contributed by atoms with Crippen LogP contribution >= 0.6 is 0 Å². The van der Waals surface area contributed by atoms with Gasteiger partial charge in [0.15, 0.2) is 0 Å². The predicted octanol–water partition coefficient (Wildman–Crippen LogP) is 3.19. The Morgan fingerprint density at radius 1 is 1.19 bits per heavy atom. The lowest BCUT2D eigenvalue weighted by Crippen LogP contribution is -2.11. The third-order valence-corrected chi connectivity index (χ3v) is 3.61. The maximum Gasteiger partial charge on any atom is 0.137 e. The molecule has 0 aliphatic carbocycles. The highest BCUT2D eigenvalue weighted by atomic mass is 16.5. The summed E-state index contributed by atoms with van der Waals surface area (Å²) in [6.45, 7) is 2.61. The molecule has 0 aliphatic rings. The van der Waals surface area contributed by atoms with Crippen LogP contribution in [0.25, 0.3) is 5.65 Å². The van der Waals surface area contributed by atoms with Crippen LogP contribution in [0.5, 0.6) is 5.75 Å². The van der Waals surface area contributed by atoms with Gasteiger partial charge in [0.2, 0.25) is 0 Å². The molecule has 4 heteroatoms. The van der Waals surface area contributed by atoms with E-state index in [0.717, 1.165) is 17.1 Å². The van der Waals surface area contributed by atoms with Crippen molar-refractivity contribution < 1.29 is 4.74 Å². The van der Waals surface area contributed by atoms with Gasteiger partial charge < -0.3 is 14.5 Å². The molecule has 0 amide bonds. The molecule has 1 atom stereocenters. The Labute approximate surface area is 124 Å². The van der Waals surface area contributed by atoms with E-state index in [0.29, 0.717) is 12.6 Å². The first-order valence-corrected chi connectivity index (χ1v) is 7.09. The average Bonchev–Trinajstić information content (AvgIpc) is 2.95. The molecule has 21 heavy (non-hydrogen) atoms. The van der Waals surface area contributed by atoms with Gasteiger partial charge >= 0.3 is 0 Å². The zero-order chi connectivity index (χ0) is 14.7. The van der Waals surface area contributed by atoms with E-state index >= 15 is 0 Å². The van der Waals surface area contributed by atoms with E-state index in [1.54, 1.807) is 0 Å². The van der Waals surface area contributed by atoms with Gasteiger partial charge in [0, 0.05) is 18.4 Å². The molecule has 1 N–H and O–H groups in total. The summed E-state index contributed by atoms with van der Waals surface area (Å²) >= 11 is 0. The van der Waals surface area contributed by atoms with Gasteiger partial charge in [-0.05, 0) is 43.8 Å². The normalized spacial score (nSPS) is 12.5. The number of ether oxygens (including phenoxy) is 1. The molecule has 2 heterocycles. The second kappa shape index (κ2) is 5.97. The molecule has 4 nitrogen and oxygen atoms in total. The SMILES string of the molecule is CNC(C)c1ccc(OCc2cn3ccccc3n2)cc1. The molecule has 0 saturated carbocycles. The minimum absolute atomic E-state index is 0.345. The van der Waals surface area contributed by atoms with Crippen molar-refractivity contribution in [3.05, 3.63) is 66.1 Å². The summed E-state index contributed by atoms with van der Waals surface area (Å²) in [5.41, 5.74) is 3.11. The second-order valence-electron chi connectivity index (χ2n) is 5.07. The molecule has 0 radical (unpaired) electrons. The largest absolute Gasteiger partial charge is 0.487 e. The molecule has 0 bridgehead atoms. The van der Waals surface area contributed by atoms with Crippen LogP contribution in [0.2, 0.25) is 0 Å². The topological polar surface area (TPSA) is 38.6 Å². The smallest absolute Gasteiger partial charge is 0.137 e. The van der Waals surface area contributed by atoms with Crippen molar-refractivity contribution in [1.82, 2.24) is 14.7 Å². The van der Waals surface area contributed by atoms with Crippen molar-refractivity contribution in [2.45, 2.75) is 19.6 Å². The number of pyridine rings is 1. The van der Waals surface area contributed by atoms with Crippen molar-refractivity contribution in [3.63, 3.8) is 0 Å². The van der Waals surface area contributed by atoms with Crippen LogP contribution in [-0.4, -0.2) is 16.4 Å². The third kappa shape index (κ3) is 3.06. The van der Waals surface area contributed by atoms with Crippen LogP contribution in [0.1, 0.15) is 24.2 Å². The molecule has 1 unspecified atom stereocenters. The number of nitrogens with zero attached hydrogens (tertiary/aromatic N) is 2. The van der Waals surface area contributed by atoms with E-state index in [4.69, 9.17) is 4.74 Å². The van der Waals surface area contributed by atoms with Crippen molar-refractivity contribution in [2.24, 2.45) is 0 Å². The van der Waals surface area contributed by atoms with E-state index in [9.17, 15) is 0 Å². The standard InChI is InChI=1S/C17H19N3O/c1-13(18-2)14-6-8-16(9-7-14)21-12-15-11-20-10-4-3-5-17(20)19-15/h3-11,13,18H,12H2,1-2H3. The Morgan fingerprint density at radius 3 is 2.71 bits per heavy atom. The summed E-state index contributed by atoms with van der Waals surface area (Å²) in [6.07, 6.45) is 3.98. The Balaban J connectivity index is 1.67. The summed E-state index contributed by atoms with van der Waals surface area (Å²) < 4.78 is 7.79. The molecular formula is C17H19N3O. The van der Waals surface area contributed by atoms with Gasteiger partial charge in [-0.25, -0.2) is 4.98 Å². The first-order valence-electron chi connectivity index (χ1n) is 7.09. The fraction of sp³-hybridized carbons (Fsp3) is 0.235. The zero-order valence-electron chi connectivity index (χ0n) is 12.3. The molecule has 3 rings (SSSR count). The quantitative estimate of drug-likeness (QED) is 0.780. The Kier molecular flexibility index (Phi) is 3.88. The molecular weight excluding hydrogens is 262 g/mol. The van der Waals surface area contributed by atoms with Crippen LogP contribution in [0.3, 0.4) is 0 Å². The number of nitrogens with one attached hydrogen (secondary N) is 1. The van der Waals surface area contributed by atoms with Crippen molar-refractivity contribution in [3.8, 4) is 5.75 Å². The lowest BCUT2D eigenvalue weighted by atomic mass is 10.1. The number of hydrogen-bond donors (Lipinski definition) is 1. The summed E-state index contributed by atoms with van der Waals surface area (Å²) in [5, 5.41) is 3.22. The minimum Gasteiger partial charge on any atom is -0.487 e. The second-order valence-corrected chi connectivity index (χ2v) is 5.07. The fourth-order valence-corrected chi connectivity index (χ4v) is 2.23. The summed E-state index contributed by atoms with van der Waals surface area (Å²) in [7, 11) is 1.96. The Morgan fingerprint density at radius 2 is 2.00 bits per heavy atom. The number of rotatable bonds is 5. The minimum atomic E-state index is 0.345. The van der Waals surface area contributed by atoms with Crippen LogP contribution in [0.15, 0.2) is 54.9 Å².